The molecule has 20 heavy (non-hydrogen) atoms. The fraction of sp³-hybridized carbons (Fsp3) is 0.933. The van der Waals surface area contributed by atoms with E-state index in [1.807, 2.05) is 20.8 Å². The smallest absolute Gasteiger partial charge is 0.222 e. The van der Waals surface area contributed by atoms with E-state index in [1.54, 1.807) is 0 Å². The van der Waals surface area contributed by atoms with Crippen molar-refractivity contribution in [2.45, 2.75) is 70.2 Å². The number of carbonyl (C=O) groups excluding carboxylic acids is 1. The van der Waals surface area contributed by atoms with E-state index < -0.39 is 0 Å². The number of ether oxygens (including phenoxy) is 1. The second-order valence-corrected chi connectivity index (χ2v) is 7.04. The summed E-state index contributed by atoms with van der Waals surface area (Å²) in [6.45, 7) is 8.20. The maximum Gasteiger partial charge on any atom is 0.222 e. The van der Waals surface area contributed by atoms with Gasteiger partial charge in [0, 0.05) is 37.1 Å². The first-order valence-electron chi connectivity index (χ1n) is 7.79. The maximum atomic E-state index is 12.1. The molecule has 2 fully saturated rings. The molecule has 1 aliphatic heterocycles. The molecule has 1 saturated carbocycles. The second-order valence-electron chi connectivity index (χ2n) is 7.04. The van der Waals surface area contributed by atoms with Gasteiger partial charge in [0.2, 0.25) is 5.91 Å². The zero-order valence-corrected chi connectivity index (χ0v) is 13.0. The highest BCUT2D eigenvalue weighted by Gasteiger charge is 2.39. The van der Waals surface area contributed by atoms with E-state index in [4.69, 9.17) is 10.5 Å². The van der Waals surface area contributed by atoms with Gasteiger partial charge in [0.15, 0.2) is 0 Å². The Hall–Kier alpha value is -0.650. The first-order valence-corrected chi connectivity index (χ1v) is 7.79. The monoisotopic (exact) mass is 283 g/mol. The van der Waals surface area contributed by atoms with Gasteiger partial charge in [-0.05, 0) is 40.0 Å². The van der Waals surface area contributed by atoms with Gasteiger partial charge in [-0.15, -0.1) is 0 Å². The number of fused-ring (bicyclic) bond motifs is 1. The lowest BCUT2D eigenvalue weighted by Gasteiger charge is -2.42. The molecule has 0 aromatic carbocycles. The number of nitrogens with two attached hydrogens (primary N) is 1. The Bertz CT molecular complexity index is 341. The van der Waals surface area contributed by atoms with E-state index in [-0.39, 0.29) is 17.5 Å². The minimum absolute atomic E-state index is 0.0917. The molecule has 3 unspecified atom stereocenters. The SMILES string of the molecule is CC(C)(C)NC(=O)CC(CN)N1CCOC2CCCC21. The van der Waals surface area contributed by atoms with Crippen molar-refractivity contribution in [2.75, 3.05) is 19.7 Å². The van der Waals surface area contributed by atoms with Gasteiger partial charge in [0.05, 0.1) is 12.7 Å². The van der Waals surface area contributed by atoms with Crippen LogP contribution in [0.3, 0.4) is 0 Å². The number of nitrogens with zero attached hydrogens (tertiary/aromatic N) is 1. The zero-order chi connectivity index (χ0) is 14.8. The highest BCUT2D eigenvalue weighted by molar-refractivity contribution is 5.77. The molecule has 2 rings (SSSR count). The Balaban J connectivity index is 1.95. The van der Waals surface area contributed by atoms with Gasteiger partial charge in [-0.1, -0.05) is 0 Å². The zero-order valence-electron chi connectivity index (χ0n) is 13.0. The van der Waals surface area contributed by atoms with Gasteiger partial charge in [-0.2, -0.15) is 0 Å². The summed E-state index contributed by atoms with van der Waals surface area (Å²) in [5, 5.41) is 3.03. The van der Waals surface area contributed by atoms with Crippen molar-refractivity contribution in [3.05, 3.63) is 0 Å². The fourth-order valence-corrected chi connectivity index (χ4v) is 3.43. The first-order chi connectivity index (χ1) is 9.40. The van der Waals surface area contributed by atoms with E-state index in [2.05, 4.69) is 10.2 Å². The molecule has 2 aliphatic rings. The van der Waals surface area contributed by atoms with Crippen molar-refractivity contribution < 1.29 is 9.53 Å². The van der Waals surface area contributed by atoms with Gasteiger partial charge in [0.1, 0.15) is 0 Å². The number of carbonyl (C=O) groups is 1. The minimum atomic E-state index is -0.183. The standard InChI is InChI=1S/C15H29N3O2/c1-15(2,3)17-14(19)9-11(10-16)18-7-8-20-13-6-4-5-12(13)18/h11-13H,4-10,16H2,1-3H3,(H,17,19). The molecule has 0 aromatic heterocycles. The lowest BCUT2D eigenvalue weighted by atomic mass is 10.0. The van der Waals surface area contributed by atoms with Crippen LogP contribution < -0.4 is 11.1 Å². The fourth-order valence-electron chi connectivity index (χ4n) is 3.43. The van der Waals surface area contributed by atoms with Crippen molar-refractivity contribution in [3.63, 3.8) is 0 Å². The predicted octanol–water partition coefficient (Wildman–Crippen LogP) is 0.872. The van der Waals surface area contributed by atoms with Crippen molar-refractivity contribution in [1.29, 1.82) is 0 Å². The van der Waals surface area contributed by atoms with Crippen molar-refractivity contribution in [1.82, 2.24) is 10.2 Å². The molecule has 0 aromatic rings. The van der Waals surface area contributed by atoms with E-state index in [9.17, 15) is 4.79 Å². The van der Waals surface area contributed by atoms with E-state index in [0.717, 1.165) is 19.6 Å². The Kier molecular flexibility index (Phi) is 5.04. The number of amides is 1. The van der Waals surface area contributed by atoms with Gasteiger partial charge in [0.25, 0.3) is 0 Å². The molecule has 1 heterocycles. The molecule has 1 amide bonds. The van der Waals surface area contributed by atoms with Gasteiger partial charge in [-0.3, -0.25) is 9.69 Å². The average molecular weight is 283 g/mol. The van der Waals surface area contributed by atoms with E-state index in [0.29, 0.717) is 25.1 Å². The minimum Gasteiger partial charge on any atom is -0.375 e. The molecule has 0 bridgehead atoms. The van der Waals surface area contributed by atoms with Crippen LogP contribution in [-0.4, -0.2) is 54.2 Å². The normalized spacial score (nSPS) is 29.0. The molecule has 5 heteroatoms. The van der Waals surface area contributed by atoms with Crippen LogP contribution in [-0.2, 0) is 9.53 Å². The highest BCUT2D eigenvalue weighted by atomic mass is 16.5. The lowest BCUT2D eigenvalue weighted by molar-refractivity contribution is -0.125. The number of morpholine rings is 1. The van der Waals surface area contributed by atoms with Crippen LogP contribution in [0.4, 0.5) is 0 Å². The first kappa shape index (κ1) is 15.7. The predicted molar refractivity (Wildman–Crippen MR) is 79.4 cm³/mol. The Morgan fingerprint density at radius 1 is 1.45 bits per heavy atom. The Labute approximate surface area is 122 Å². The Morgan fingerprint density at radius 3 is 2.85 bits per heavy atom. The lowest BCUT2D eigenvalue weighted by Crippen LogP contribution is -2.56. The summed E-state index contributed by atoms with van der Waals surface area (Å²) in [5.41, 5.74) is 5.75. The van der Waals surface area contributed by atoms with Crippen LogP contribution in [0.15, 0.2) is 0 Å². The van der Waals surface area contributed by atoms with Crippen LogP contribution >= 0.6 is 0 Å². The third-order valence-corrected chi connectivity index (χ3v) is 4.20. The van der Waals surface area contributed by atoms with Crippen LogP contribution in [0.25, 0.3) is 0 Å². The van der Waals surface area contributed by atoms with Crippen molar-refractivity contribution >= 4 is 5.91 Å². The summed E-state index contributed by atoms with van der Waals surface area (Å²) in [6, 6.07) is 0.589. The number of hydrogen-bond acceptors (Lipinski definition) is 4. The topological polar surface area (TPSA) is 67.6 Å². The molecule has 5 nitrogen and oxygen atoms in total. The van der Waals surface area contributed by atoms with Crippen LogP contribution in [0.1, 0.15) is 46.5 Å². The molecule has 3 atom stereocenters. The molecule has 0 radical (unpaired) electrons. The summed E-state index contributed by atoms with van der Waals surface area (Å²) in [4.78, 5) is 14.6. The quantitative estimate of drug-likeness (QED) is 0.803. The molecular formula is C15H29N3O2. The average Bonchev–Trinajstić information content (AvgIpc) is 2.81. The number of nitrogens with one attached hydrogen (secondary N) is 1. The van der Waals surface area contributed by atoms with E-state index >= 15 is 0 Å². The van der Waals surface area contributed by atoms with Crippen LogP contribution in [0.5, 0.6) is 0 Å². The van der Waals surface area contributed by atoms with Crippen LogP contribution in [0.2, 0.25) is 0 Å². The molecule has 3 N–H and O–H groups in total. The highest BCUT2D eigenvalue weighted by Crippen LogP contribution is 2.31. The number of hydrogen-bond donors (Lipinski definition) is 2. The van der Waals surface area contributed by atoms with Gasteiger partial charge >= 0.3 is 0 Å². The molecular weight excluding hydrogens is 254 g/mol. The van der Waals surface area contributed by atoms with Crippen molar-refractivity contribution in [2.24, 2.45) is 5.73 Å². The maximum absolute atomic E-state index is 12.1. The van der Waals surface area contributed by atoms with E-state index in [1.165, 1.54) is 12.8 Å². The van der Waals surface area contributed by atoms with Crippen LogP contribution in [0, 0.1) is 0 Å². The largest absolute Gasteiger partial charge is 0.375 e. The van der Waals surface area contributed by atoms with Gasteiger partial charge in [-0.25, -0.2) is 0 Å². The molecule has 116 valence electrons. The van der Waals surface area contributed by atoms with Gasteiger partial charge < -0.3 is 15.8 Å². The molecule has 1 saturated heterocycles. The number of rotatable bonds is 4. The summed E-state index contributed by atoms with van der Waals surface area (Å²) in [7, 11) is 0. The summed E-state index contributed by atoms with van der Waals surface area (Å²) in [6.07, 6.45) is 4.37. The second kappa shape index (κ2) is 6.41. The summed E-state index contributed by atoms with van der Waals surface area (Å²) in [5.74, 6) is 0.0917. The summed E-state index contributed by atoms with van der Waals surface area (Å²) >= 11 is 0. The van der Waals surface area contributed by atoms with Crippen molar-refractivity contribution in [3.8, 4) is 0 Å². The molecule has 1 aliphatic carbocycles. The third-order valence-electron chi connectivity index (χ3n) is 4.20. The summed E-state index contributed by atoms with van der Waals surface area (Å²) < 4.78 is 5.83. The third kappa shape index (κ3) is 3.93. The molecule has 0 spiro atoms. The Morgan fingerprint density at radius 2 is 2.20 bits per heavy atom.